The second-order valence-corrected chi connectivity index (χ2v) is 4.24. The van der Waals surface area contributed by atoms with Crippen LogP contribution in [0.2, 0.25) is 0 Å². The molecule has 0 saturated carbocycles. The highest BCUT2D eigenvalue weighted by Crippen LogP contribution is 2.30. The molecule has 1 aliphatic rings. The maximum atomic E-state index is 12.1. The number of hydrogen-bond donors (Lipinski definition) is 0. The molecule has 0 aromatic heterocycles. The van der Waals surface area contributed by atoms with Crippen molar-refractivity contribution in [2.45, 2.75) is 13.8 Å². The number of carbonyl (C=O) groups excluding carboxylic acids is 1. The molecule has 0 fully saturated rings. The van der Waals surface area contributed by atoms with E-state index in [4.69, 9.17) is 9.47 Å². The van der Waals surface area contributed by atoms with Crippen LogP contribution in [-0.4, -0.2) is 43.5 Å². The Morgan fingerprint density at radius 2 is 1.83 bits per heavy atom. The van der Waals surface area contributed by atoms with E-state index in [1.165, 1.54) is 0 Å². The summed E-state index contributed by atoms with van der Waals surface area (Å²) >= 11 is 0. The predicted molar refractivity (Wildman–Crippen MR) is 69.6 cm³/mol. The number of fused-ring (bicyclic) bond motifs is 1. The fourth-order valence-corrected chi connectivity index (χ4v) is 1.96. The topological polar surface area (TPSA) is 38.8 Å². The van der Waals surface area contributed by atoms with Crippen molar-refractivity contribution in [2.75, 3.05) is 32.8 Å². The van der Waals surface area contributed by atoms with Crippen LogP contribution in [0.4, 0.5) is 0 Å². The molecule has 1 aromatic carbocycles. The third kappa shape index (κ3) is 2.82. The Morgan fingerprint density at radius 1 is 1.17 bits per heavy atom. The van der Waals surface area contributed by atoms with Gasteiger partial charge in [0.15, 0.2) is 17.3 Å². The normalized spacial score (nSPS) is 13.7. The predicted octanol–water partition coefficient (Wildman–Crippen LogP) is 1.98. The van der Waals surface area contributed by atoms with Crippen molar-refractivity contribution in [3.8, 4) is 11.5 Å². The summed E-state index contributed by atoms with van der Waals surface area (Å²) < 4.78 is 10.9. The molecule has 0 aliphatic carbocycles. The number of rotatable bonds is 5. The summed E-state index contributed by atoms with van der Waals surface area (Å²) in [5.41, 5.74) is 0.686. The van der Waals surface area contributed by atoms with Gasteiger partial charge in [-0.2, -0.15) is 0 Å². The maximum Gasteiger partial charge on any atom is 0.176 e. The first-order chi connectivity index (χ1) is 8.74. The van der Waals surface area contributed by atoms with Gasteiger partial charge in [0.2, 0.25) is 0 Å². The Morgan fingerprint density at radius 3 is 2.50 bits per heavy atom. The third-order valence-corrected chi connectivity index (χ3v) is 3.13. The standard InChI is InChI=1S/C14H19NO3/c1-3-15(4-2)10-12(16)11-5-6-13-14(9-11)18-8-7-17-13/h5-6,9H,3-4,7-8,10H2,1-2H3. The van der Waals surface area contributed by atoms with E-state index in [1.807, 2.05) is 6.07 Å². The lowest BCUT2D eigenvalue weighted by molar-refractivity contribution is 0.0936. The van der Waals surface area contributed by atoms with Gasteiger partial charge < -0.3 is 9.47 Å². The van der Waals surface area contributed by atoms with E-state index in [9.17, 15) is 4.79 Å². The quantitative estimate of drug-likeness (QED) is 0.748. The Bertz CT molecular complexity index is 427. The average Bonchev–Trinajstić information content (AvgIpc) is 2.44. The molecular formula is C14H19NO3. The fourth-order valence-electron chi connectivity index (χ4n) is 1.96. The van der Waals surface area contributed by atoms with Crippen LogP contribution < -0.4 is 9.47 Å². The van der Waals surface area contributed by atoms with Crippen LogP contribution in [0.5, 0.6) is 11.5 Å². The van der Waals surface area contributed by atoms with Crippen molar-refractivity contribution < 1.29 is 14.3 Å². The number of ketones is 1. The van der Waals surface area contributed by atoms with Crippen LogP contribution in [0, 0.1) is 0 Å². The summed E-state index contributed by atoms with van der Waals surface area (Å²) in [6.07, 6.45) is 0. The van der Waals surface area contributed by atoms with E-state index in [0.29, 0.717) is 31.1 Å². The first kappa shape index (κ1) is 12.9. The van der Waals surface area contributed by atoms with Crippen molar-refractivity contribution in [3.05, 3.63) is 23.8 Å². The Hall–Kier alpha value is -1.55. The zero-order chi connectivity index (χ0) is 13.0. The summed E-state index contributed by atoms with van der Waals surface area (Å²) in [7, 11) is 0. The van der Waals surface area contributed by atoms with E-state index >= 15 is 0 Å². The zero-order valence-electron chi connectivity index (χ0n) is 10.9. The summed E-state index contributed by atoms with van der Waals surface area (Å²) in [6.45, 7) is 7.44. The van der Waals surface area contributed by atoms with Crippen molar-refractivity contribution >= 4 is 5.78 Å². The van der Waals surface area contributed by atoms with Gasteiger partial charge in [0.25, 0.3) is 0 Å². The molecule has 0 amide bonds. The summed E-state index contributed by atoms with van der Waals surface area (Å²) in [5.74, 6) is 1.52. The van der Waals surface area contributed by atoms with Gasteiger partial charge in [0.05, 0.1) is 6.54 Å². The van der Waals surface area contributed by atoms with E-state index in [-0.39, 0.29) is 5.78 Å². The van der Waals surface area contributed by atoms with Gasteiger partial charge in [-0.25, -0.2) is 0 Å². The van der Waals surface area contributed by atoms with Crippen LogP contribution in [0.25, 0.3) is 0 Å². The Balaban J connectivity index is 2.11. The minimum Gasteiger partial charge on any atom is -0.486 e. The molecule has 98 valence electrons. The SMILES string of the molecule is CCN(CC)CC(=O)c1ccc2c(c1)OCCO2. The number of carbonyl (C=O) groups is 1. The van der Waals surface area contributed by atoms with Gasteiger partial charge in [-0.1, -0.05) is 13.8 Å². The highest BCUT2D eigenvalue weighted by molar-refractivity contribution is 5.98. The summed E-state index contributed by atoms with van der Waals surface area (Å²) in [4.78, 5) is 14.2. The minimum atomic E-state index is 0.121. The van der Waals surface area contributed by atoms with Gasteiger partial charge in [-0.3, -0.25) is 9.69 Å². The average molecular weight is 249 g/mol. The molecule has 0 atom stereocenters. The lowest BCUT2D eigenvalue weighted by Gasteiger charge is -2.20. The molecule has 1 aliphatic heterocycles. The molecular weight excluding hydrogens is 230 g/mol. The van der Waals surface area contributed by atoms with Gasteiger partial charge >= 0.3 is 0 Å². The maximum absolute atomic E-state index is 12.1. The largest absolute Gasteiger partial charge is 0.486 e. The second kappa shape index (κ2) is 5.87. The molecule has 0 spiro atoms. The zero-order valence-corrected chi connectivity index (χ0v) is 10.9. The molecule has 4 nitrogen and oxygen atoms in total. The second-order valence-electron chi connectivity index (χ2n) is 4.24. The van der Waals surface area contributed by atoms with E-state index in [0.717, 1.165) is 18.8 Å². The van der Waals surface area contributed by atoms with Crippen LogP contribution >= 0.6 is 0 Å². The number of benzene rings is 1. The van der Waals surface area contributed by atoms with Crippen molar-refractivity contribution in [1.82, 2.24) is 4.90 Å². The molecule has 0 saturated heterocycles. The first-order valence-corrected chi connectivity index (χ1v) is 6.39. The lowest BCUT2D eigenvalue weighted by Crippen LogP contribution is -2.29. The number of Topliss-reactive ketones (excluding diaryl/α,β-unsaturated/α-hetero) is 1. The Kier molecular flexibility index (Phi) is 4.20. The molecule has 0 N–H and O–H groups in total. The van der Waals surface area contributed by atoms with Gasteiger partial charge in [-0.15, -0.1) is 0 Å². The first-order valence-electron chi connectivity index (χ1n) is 6.39. The molecule has 0 unspecified atom stereocenters. The van der Waals surface area contributed by atoms with Gasteiger partial charge in [-0.05, 0) is 31.3 Å². The molecule has 4 heteroatoms. The van der Waals surface area contributed by atoms with Gasteiger partial charge in [0, 0.05) is 5.56 Å². The van der Waals surface area contributed by atoms with Crippen molar-refractivity contribution in [2.24, 2.45) is 0 Å². The molecule has 1 aromatic rings. The molecule has 18 heavy (non-hydrogen) atoms. The highest BCUT2D eigenvalue weighted by Gasteiger charge is 2.16. The van der Waals surface area contributed by atoms with E-state index < -0.39 is 0 Å². The Labute approximate surface area is 107 Å². The fraction of sp³-hybridized carbons (Fsp3) is 0.500. The lowest BCUT2D eigenvalue weighted by atomic mass is 10.1. The molecule has 0 bridgehead atoms. The highest BCUT2D eigenvalue weighted by atomic mass is 16.6. The van der Waals surface area contributed by atoms with E-state index in [2.05, 4.69) is 18.7 Å². The third-order valence-electron chi connectivity index (χ3n) is 3.13. The van der Waals surface area contributed by atoms with E-state index in [1.54, 1.807) is 12.1 Å². The van der Waals surface area contributed by atoms with Gasteiger partial charge in [0.1, 0.15) is 13.2 Å². The smallest absolute Gasteiger partial charge is 0.176 e. The molecule has 1 heterocycles. The van der Waals surface area contributed by atoms with Crippen LogP contribution in [-0.2, 0) is 0 Å². The summed E-state index contributed by atoms with van der Waals surface area (Å²) in [5, 5.41) is 0. The van der Waals surface area contributed by atoms with Crippen molar-refractivity contribution in [3.63, 3.8) is 0 Å². The summed E-state index contributed by atoms with van der Waals surface area (Å²) in [6, 6.07) is 5.39. The number of nitrogens with zero attached hydrogens (tertiary/aromatic N) is 1. The molecule has 0 radical (unpaired) electrons. The van der Waals surface area contributed by atoms with Crippen LogP contribution in [0.15, 0.2) is 18.2 Å². The number of hydrogen-bond acceptors (Lipinski definition) is 4. The van der Waals surface area contributed by atoms with Crippen molar-refractivity contribution in [1.29, 1.82) is 0 Å². The number of likely N-dealkylation sites (N-methyl/N-ethyl adjacent to an activating group) is 1. The minimum absolute atomic E-state index is 0.121. The number of ether oxygens (including phenoxy) is 2. The molecule has 2 rings (SSSR count). The van der Waals surface area contributed by atoms with Crippen LogP contribution in [0.1, 0.15) is 24.2 Å². The monoisotopic (exact) mass is 249 g/mol. The van der Waals surface area contributed by atoms with Crippen LogP contribution in [0.3, 0.4) is 0 Å².